The standard InChI is InChI=1S/C12H16/c1-5-7-9-12(11(3)4)10-8-6-2/h5-10H,1-2H2,3-4H3/b9-7-,10-8-. The number of hydrogen-bond acceptors (Lipinski definition) is 0. The first-order chi connectivity index (χ1) is 5.72. The quantitative estimate of drug-likeness (QED) is 0.549. The maximum atomic E-state index is 3.62. The van der Waals surface area contributed by atoms with E-state index in [1.165, 1.54) is 11.1 Å². The molecule has 0 aromatic heterocycles. The van der Waals surface area contributed by atoms with Gasteiger partial charge in [-0.3, -0.25) is 0 Å². The Morgan fingerprint density at radius 1 is 0.917 bits per heavy atom. The maximum Gasteiger partial charge on any atom is -0.0270 e. The van der Waals surface area contributed by atoms with Crippen LogP contribution in [-0.2, 0) is 0 Å². The minimum absolute atomic E-state index is 1.20. The van der Waals surface area contributed by atoms with E-state index in [0.29, 0.717) is 0 Å². The fraction of sp³-hybridized carbons (Fsp3) is 0.167. The van der Waals surface area contributed by atoms with Crippen molar-refractivity contribution in [3.8, 4) is 0 Å². The fourth-order valence-electron chi connectivity index (χ4n) is 0.732. The van der Waals surface area contributed by atoms with Gasteiger partial charge in [0.15, 0.2) is 0 Å². The van der Waals surface area contributed by atoms with Gasteiger partial charge in [-0.2, -0.15) is 0 Å². The molecule has 0 saturated heterocycles. The molecule has 0 nitrogen and oxygen atoms in total. The molecule has 0 aromatic rings. The molecule has 0 fully saturated rings. The van der Waals surface area contributed by atoms with E-state index in [2.05, 4.69) is 27.0 Å². The van der Waals surface area contributed by atoms with Crippen molar-refractivity contribution in [2.75, 3.05) is 0 Å². The van der Waals surface area contributed by atoms with Gasteiger partial charge in [-0.25, -0.2) is 0 Å². The lowest BCUT2D eigenvalue weighted by atomic mass is 10.1. The van der Waals surface area contributed by atoms with Crippen LogP contribution in [0.15, 0.2) is 60.8 Å². The summed E-state index contributed by atoms with van der Waals surface area (Å²) in [4.78, 5) is 0. The molecule has 0 unspecified atom stereocenters. The van der Waals surface area contributed by atoms with Gasteiger partial charge in [0.05, 0.1) is 0 Å². The van der Waals surface area contributed by atoms with Gasteiger partial charge in [-0.1, -0.05) is 55.2 Å². The average molecular weight is 160 g/mol. The van der Waals surface area contributed by atoms with Crippen molar-refractivity contribution in [2.24, 2.45) is 0 Å². The van der Waals surface area contributed by atoms with Crippen LogP contribution in [0, 0.1) is 0 Å². The van der Waals surface area contributed by atoms with Crippen LogP contribution in [0.1, 0.15) is 13.8 Å². The van der Waals surface area contributed by atoms with Crippen molar-refractivity contribution >= 4 is 0 Å². The first kappa shape index (κ1) is 10.7. The van der Waals surface area contributed by atoms with Gasteiger partial charge in [0.1, 0.15) is 0 Å². The minimum Gasteiger partial charge on any atom is -0.0991 e. The van der Waals surface area contributed by atoms with E-state index in [1.807, 2.05) is 24.3 Å². The van der Waals surface area contributed by atoms with Crippen molar-refractivity contribution in [1.29, 1.82) is 0 Å². The second-order valence-corrected chi connectivity index (χ2v) is 2.64. The zero-order valence-electron chi connectivity index (χ0n) is 7.88. The highest BCUT2D eigenvalue weighted by molar-refractivity contribution is 5.36. The molecule has 0 spiro atoms. The summed E-state index contributed by atoms with van der Waals surface area (Å²) in [5, 5.41) is 0. The molecule has 0 aliphatic rings. The lowest BCUT2D eigenvalue weighted by Gasteiger charge is -1.95. The van der Waals surface area contributed by atoms with Crippen LogP contribution < -0.4 is 0 Å². The smallest absolute Gasteiger partial charge is 0.0270 e. The van der Waals surface area contributed by atoms with Crippen molar-refractivity contribution in [2.45, 2.75) is 13.8 Å². The molecular formula is C12H16. The summed E-state index contributed by atoms with van der Waals surface area (Å²) < 4.78 is 0. The zero-order valence-corrected chi connectivity index (χ0v) is 7.88. The van der Waals surface area contributed by atoms with Gasteiger partial charge in [-0.15, -0.1) is 0 Å². The third-order valence-corrected chi connectivity index (χ3v) is 1.40. The molecule has 64 valence electrons. The Labute approximate surface area is 75.3 Å². The molecule has 0 N–H and O–H groups in total. The maximum absolute atomic E-state index is 3.62. The summed E-state index contributed by atoms with van der Waals surface area (Å²) in [6.07, 6.45) is 11.4. The molecule has 0 aromatic carbocycles. The monoisotopic (exact) mass is 160 g/mol. The van der Waals surface area contributed by atoms with Crippen LogP contribution in [0.5, 0.6) is 0 Å². The van der Waals surface area contributed by atoms with Crippen LogP contribution in [0.3, 0.4) is 0 Å². The molecule has 0 heterocycles. The Morgan fingerprint density at radius 3 is 1.58 bits per heavy atom. The molecule has 0 aliphatic heterocycles. The number of rotatable bonds is 4. The molecule has 0 amide bonds. The third kappa shape index (κ3) is 4.51. The van der Waals surface area contributed by atoms with Crippen LogP contribution in [0.2, 0.25) is 0 Å². The zero-order chi connectivity index (χ0) is 9.40. The van der Waals surface area contributed by atoms with Gasteiger partial charge in [0.25, 0.3) is 0 Å². The molecule has 0 bridgehead atoms. The molecule has 0 saturated carbocycles. The Balaban J connectivity index is 4.57. The van der Waals surface area contributed by atoms with Gasteiger partial charge < -0.3 is 0 Å². The summed E-state index contributed by atoms with van der Waals surface area (Å²) in [5.41, 5.74) is 2.49. The summed E-state index contributed by atoms with van der Waals surface area (Å²) >= 11 is 0. The molecule has 12 heavy (non-hydrogen) atoms. The highest BCUT2D eigenvalue weighted by Crippen LogP contribution is 2.06. The number of hydrogen-bond donors (Lipinski definition) is 0. The molecular weight excluding hydrogens is 144 g/mol. The summed E-state index contributed by atoms with van der Waals surface area (Å²) in [7, 11) is 0. The van der Waals surface area contributed by atoms with E-state index in [1.54, 1.807) is 12.2 Å². The Hall–Kier alpha value is -1.30. The van der Waals surface area contributed by atoms with Crippen LogP contribution >= 0.6 is 0 Å². The highest BCUT2D eigenvalue weighted by atomic mass is 13.9. The first-order valence-corrected chi connectivity index (χ1v) is 3.98. The van der Waals surface area contributed by atoms with Crippen LogP contribution in [0.25, 0.3) is 0 Å². The van der Waals surface area contributed by atoms with E-state index >= 15 is 0 Å². The lowest BCUT2D eigenvalue weighted by Crippen LogP contribution is -1.75. The minimum atomic E-state index is 1.20. The van der Waals surface area contributed by atoms with Crippen molar-refractivity contribution < 1.29 is 0 Å². The van der Waals surface area contributed by atoms with E-state index in [-0.39, 0.29) is 0 Å². The van der Waals surface area contributed by atoms with Crippen LogP contribution in [0.4, 0.5) is 0 Å². The van der Waals surface area contributed by atoms with E-state index in [0.717, 1.165) is 0 Å². The van der Waals surface area contributed by atoms with E-state index < -0.39 is 0 Å². The van der Waals surface area contributed by atoms with Crippen molar-refractivity contribution in [3.05, 3.63) is 60.8 Å². The van der Waals surface area contributed by atoms with Gasteiger partial charge in [-0.05, 0) is 19.4 Å². The Morgan fingerprint density at radius 2 is 1.33 bits per heavy atom. The predicted octanol–water partition coefficient (Wildman–Crippen LogP) is 3.81. The summed E-state index contributed by atoms with van der Waals surface area (Å²) in [5.74, 6) is 0. The molecule has 0 rings (SSSR count). The highest BCUT2D eigenvalue weighted by Gasteiger charge is 1.86. The van der Waals surface area contributed by atoms with Crippen molar-refractivity contribution in [1.82, 2.24) is 0 Å². The third-order valence-electron chi connectivity index (χ3n) is 1.40. The number of allylic oxidation sites excluding steroid dienone is 8. The molecule has 0 heteroatoms. The average Bonchev–Trinajstić information content (AvgIpc) is 2.04. The van der Waals surface area contributed by atoms with Gasteiger partial charge in [0.2, 0.25) is 0 Å². The summed E-state index contributed by atoms with van der Waals surface area (Å²) in [6.45, 7) is 11.4. The topological polar surface area (TPSA) is 0 Å². The second-order valence-electron chi connectivity index (χ2n) is 2.64. The lowest BCUT2D eigenvalue weighted by molar-refractivity contribution is 1.34. The Kier molecular flexibility index (Phi) is 5.72. The normalized spacial score (nSPS) is 10.5. The van der Waals surface area contributed by atoms with Crippen molar-refractivity contribution in [3.63, 3.8) is 0 Å². The fourth-order valence-corrected chi connectivity index (χ4v) is 0.732. The van der Waals surface area contributed by atoms with E-state index in [9.17, 15) is 0 Å². The SMILES string of the molecule is C=C/C=C\C(/C=C\C=C)=C(C)C. The largest absolute Gasteiger partial charge is 0.0991 e. The van der Waals surface area contributed by atoms with E-state index in [4.69, 9.17) is 0 Å². The molecule has 0 radical (unpaired) electrons. The van der Waals surface area contributed by atoms with Gasteiger partial charge >= 0.3 is 0 Å². The predicted molar refractivity (Wildman–Crippen MR) is 57.0 cm³/mol. The second kappa shape index (κ2) is 6.41. The first-order valence-electron chi connectivity index (χ1n) is 3.98. The van der Waals surface area contributed by atoms with Crippen LogP contribution in [-0.4, -0.2) is 0 Å². The molecule has 0 aliphatic carbocycles. The Bertz CT molecular complexity index is 213. The summed E-state index contributed by atoms with van der Waals surface area (Å²) in [6, 6.07) is 0. The molecule has 0 atom stereocenters. The van der Waals surface area contributed by atoms with Gasteiger partial charge in [0, 0.05) is 0 Å².